The molecule has 0 saturated heterocycles. The summed E-state index contributed by atoms with van der Waals surface area (Å²) < 4.78 is 3.54. The molecule has 204 valence electrons. The van der Waals surface area contributed by atoms with Crippen LogP contribution in [0.25, 0.3) is 0 Å². The van der Waals surface area contributed by atoms with E-state index in [1.54, 1.807) is 20.8 Å². The standard InChI is InChI=1S/C27H45N3O6/c1-22(31)16-10-4-7-13-19-28-25(34)29(20-14-8-5-11-17-23(2)32)27(36)30(26(28)35)21-15-9-6-12-18-24(3)33/h4-21H2,1-3H3. The van der Waals surface area contributed by atoms with Crippen molar-refractivity contribution in [2.24, 2.45) is 0 Å². The minimum Gasteiger partial charge on any atom is -0.300 e. The van der Waals surface area contributed by atoms with E-state index < -0.39 is 17.1 Å². The molecule has 36 heavy (non-hydrogen) atoms. The van der Waals surface area contributed by atoms with Crippen LogP contribution in [0.1, 0.15) is 117 Å². The van der Waals surface area contributed by atoms with Crippen LogP contribution in [-0.2, 0) is 34.0 Å². The Bertz CT molecular complexity index is 859. The molecule has 0 aromatic carbocycles. The van der Waals surface area contributed by atoms with Crippen LogP contribution in [0.5, 0.6) is 0 Å². The zero-order valence-corrected chi connectivity index (χ0v) is 22.5. The van der Waals surface area contributed by atoms with Gasteiger partial charge in [0.25, 0.3) is 0 Å². The molecule has 1 rings (SSSR count). The normalized spacial score (nSPS) is 11.1. The Hall–Kier alpha value is -2.58. The Kier molecular flexibility index (Phi) is 15.5. The molecule has 0 aliphatic carbocycles. The van der Waals surface area contributed by atoms with E-state index in [0.29, 0.717) is 38.5 Å². The maximum Gasteiger partial charge on any atom is 0.336 e. The second kappa shape index (κ2) is 17.8. The molecule has 0 saturated carbocycles. The monoisotopic (exact) mass is 507 g/mol. The van der Waals surface area contributed by atoms with Gasteiger partial charge < -0.3 is 14.4 Å². The van der Waals surface area contributed by atoms with Crippen LogP contribution in [0.15, 0.2) is 14.4 Å². The van der Waals surface area contributed by atoms with Gasteiger partial charge in [-0.2, -0.15) is 0 Å². The first kappa shape index (κ1) is 31.4. The van der Waals surface area contributed by atoms with Crippen LogP contribution in [0.2, 0.25) is 0 Å². The van der Waals surface area contributed by atoms with Gasteiger partial charge in [-0.15, -0.1) is 0 Å². The number of hydrogen-bond acceptors (Lipinski definition) is 6. The first-order valence-electron chi connectivity index (χ1n) is 13.6. The quantitative estimate of drug-likeness (QED) is 0.234. The first-order chi connectivity index (χ1) is 17.1. The number of nitrogens with zero attached hydrogens (tertiary/aromatic N) is 3. The number of carbonyl (C=O) groups is 3. The molecule has 0 unspecified atom stereocenters. The predicted octanol–water partition coefficient (Wildman–Crippen LogP) is 3.79. The maximum absolute atomic E-state index is 13.1. The molecular formula is C27H45N3O6. The molecule has 1 heterocycles. The van der Waals surface area contributed by atoms with Gasteiger partial charge >= 0.3 is 17.1 Å². The van der Waals surface area contributed by atoms with Crippen molar-refractivity contribution < 1.29 is 14.4 Å². The second-order valence-corrected chi connectivity index (χ2v) is 9.90. The summed E-state index contributed by atoms with van der Waals surface area (Å²) in [5.41, 5.74) is -1.68. The number of aromatic nitrogens is 3. The van der Waals surface area contributed by atoms with E-state index in [2.05, 4.69) is 0 Å². The van der Waals surface area contributed by atoms with Crippen LogP contribution in [0, 0.1) is 0 Å². The summed E-state index contributed by atoms with van der Waals surface area (Å²) in [4.78, 5) is 72.4. The van der Waals surface area contributed by atoms with Crippen LogP contribution >= 0.6 is 0 Å². The number of carbonyl (C=O) groups excluding carboxylic acids is 3. The molecule has 0 aliphatic heterocycles. The highest BCUT2D eigenvalue weighted by molar-refractivity contribution is 5.75. The molecule has 0 radical (unpaired) electrons. The van der Waals surface area contributed by atoms with Crippen LogP contribution < -0.4 is 17.1 Å². The molecule has 0 spiro atoms. The smallest absolute Gasteiger partial charge is 0.300 e. The summed E-state index contributed by atoms with van der Waals surface area (Å²) in [5, 5.41) is 0. The van der Waals surface area contributed by atoms with Crippen molar-refractivity contribution in [2.75, 3.05) is 0 Å². The van der Waals surface area contributed by atoms with Crippen molar-refractivity contribution in [3.8, 4) is 0 Å². The van der Waals surface area contributed by atoms with Gasteiger partial charge in [-0.25, -0.2) is 28.1 Å². The number of Topliss-reactive ketones (excluding diaryl/α,β-unsaturated/α-hetero) is 3. The Morgan fingerprint density at radius 2 is 0.639 bits per heavy atom. The van der Waals surface area contributed by atoms with E-state index in [1.165, 1.54) is 13.7 Å². The van der Waals surface area contributed by atoms with E-state index in [0.717, 1.165) is 57.8 Å². The average molecular weight is 508 g/mol. The highest BCUT2D eigenvalue weighted by Crippen LogP contribution is 2.06. The molecule has 0 amide bonds. The van der Waals surface area contributed by atoms with Crippen LogP contribution in [0.4, 0.5) is 0 Å². The molecule has 0 fully saturated rings. The number of hydrogen-bond donors (Lipinski definition) is 0. The van der Waals surface area contributed by atoms with E-state index in [1.807, 2.05) is 0 Å². The summed E-state index contributed by atoms with van der Waals surface area (Å²) in [6, 6.07) is 0. The van der Waals surface area contributed by atoms with Crippen LogP contribution in [-0.4, -0.2) is 31.1 Å². The Morgan fingerprint density at radius 1 is 0.417 bits per heavy atom. The highest BCUT2D eigenvalue weighted by Gasteiger charge is 2.15. The Labute approximate surface area is 213 Å². The van der Waals surface area contributed by atoms with Crippen molar-refractivity contribution in [1.82, 2.24) is 13.7 Å². The second-order valence-electron chi connectivity index (χ2n) is 9.90. The molecule has 0 aliphatic rings. The van der Waals surface area contributed by atoms with E-state index in [-0.39, 0.29) is 37.0 Å². The molecule has 0 bridgehead atoms. The third kappa shape index (κ3) is 12.4. The van der Waals surface area contributed by atoms with Gasteiger partial charge in [0.05, 0.1) is 0 Å². The van der Waals surface area contributed by atoms with E-state index in [4.69, 9.17) is 0 Å². The van der Waals surface area contributed by atoms with Gasteiger partial charge in [0, 0.05) is 38.9 Å². The lowest BCUT2D eigenvalue weighted by Gasteiger charge is -2.14. The summed E-state index contributed by atoms with van der Waals surface area (Å²) in [5.74, 6) is 0.469. The van der Waals surface area contributed by atoms with Crippen molar-refractivity contribution in [3.63, 3.8) is 0 Å². The number of rotatable bonds is 21. The van der Waals surface area contributed by atoms with Crippen molar-refractivity contribution in [1.29, 1.82) is 0 Å². The minimum absolute atomic E-state index is 0.156. The molecule has 0 N–H and O–H groups in total. The number of ketones is 3. The Morgan fingerprint density at radius 3 is 0.861 bits per heavy atom. The molecule has 1 aromatic rings. The highest BCUT2D eigenvalue weighted by atomic mass is 16.2. The van der Waals surface area contributed by atoms with Crippen molar-refractivity contribution in [3.05, 3.63) is 31.5 Å². The average Bonchev–Trinajstić information content (AvgIpc) is 2.80. The summed E-state index contributed by atoms with van der Waals surface area (Å²) in [6.07, 6.45) is 10.8. The fraction of sp³-hybridized carbons (Fsp3) is 0.778. The fourth-order valence-electron chi connectivity index (χ4n) is 4.25. The lowest BCUT2D eigenvalue weighted by Crippen LogP contribution is -2.54. The Balaban J connectivity index is 2.89. The lowest BCUT2D eigenvalue weighted by molar-refractivity contribution is -0.117. The molecular weight excluding hydrogens is 462 g/mol. The van der Waals surface area contributed by atoms with Gasteiger partial charge in [0.1, 0.15) is 17.3 Å². The zero-order chi connectivity index (χ0) is 26.9. The lowest BCUT2D eigenvalue weighted by atomic mass is 10.1. The summed E-state index contributed by atoms with van der Waals surface area (Å²) >= 11 is 0. The summed E-state index contributed by atoms with van der Waals surface area (Å²) in [7, 11) is 0. The zero-order valence-electron chi connectivity index (χ0n) is 22.5. The van der Waals surface area contributed by atoms with Gasteiger partial charge in [-0.05, 0) is 59.3 Å². The molecule has 0 atom stereocenters. The molecule has 9 heteroatoms. The van der Waals surface area contributed by atoms with Crippen molar-refractivity contribution in [2.45, 2.75) is 137 Å². The van der Waals surface area contributed by atoms with Gasteiger partial charge in [0.2, 0.25) is 0 Å². The van der Waals surface area contributed by atoms with Gasteiger partial charge in [0.15, 0.2) is 0 Å². The van der Waals surface area contributed by atoms with E-state index in [9.17, 15) is 28.8 Å². The third-order valence-corrected chi connectivity index (χ3v) is 6.37. The largest absolute Gasteiger partial charge is 0.336 e. The third-order valence-electron chi connectivity index (χ3n) is 6.37. The van der Waals surface area contributed by atoms with Crippen LogP contribution in [0.3, 0.4) is 0 Å². The maximum atomic E-state index is 13.1. The van der Waals surface area contributed by atoms with Gasteiger partial charge in [-0.1, -0.05) is 38.5 Å². The predicted molar refractivity (Wildman–Crippen MR) is 141 cm³/mol. The van der Waals surface area contributed by atoms with Gasteiger partial charge in [-0.3, -0.25) is 0 Å². The van der Waals surface area contributed by atoms with Crippen molar-refractivity contribution >= 4 is 17.3 Å². The minimum atomic E-state index is -0.560. The molecule has 9 nitrogen and oxygen atoms in total. The van der Waals surface area contributed by atoms with E-state index >= 15 is 0 Å². The summed E-state index contributed by atoms with van der Waals surface area (Å²) in [6.45, 7) is 5.44. The molecule has 1 aromatic heterocycles. The fourth-order valence-corrected chi connectivity index (χ4v) is 4.25. The number of unbranched alkanes of at least 4 members (excludes halogenated alkanes) is 9. The SMILES string of the molecule is CC(=O)CCCCCCn1c(=O)n(CCCCCCC(C)=O)c(=O)n(CCCCCCC(C)=O)c1=O. The topological polar surface area (TPSA) is 117 Å². The first-order valence-corrected chi connectivity index (χ1v) is 13.6.